The fraction of sp³-hybridized carbons (Fsp3) is 0.667. The number of amides is 1. The van der Waals surface area contributed by atoms with Gasteiger partial charge < -0.3 is 10.0 Å². The van der Waals surface area contributed by atoms with Crippen molar-refractivity contribution in [2.75, 3.05) is 13.6 Å². The highest BCUT2D eigenvalue weighted by Crippen LogP contribution is 2.11. The van der Waals surface area contributed by atoms with Crippen LogP contribution in [0.4, 0.5) is 0 Å². The Morgan fingerprint density at radius 1 is 1.53 bits per heavy atom. The molecule has 1 aromatic rings. The van der Waals surface area contributed by atoms with Crippen LogP contribution >= 0.6 is 0 Å². The lowest BCUT2D eigenvalue weighted by molar-refractivity contribution is -0.129. The molecule has 0 aliphatic rings. The van der Waals surface area contributed by atoms with Crippen LogP contribution < -0.4 is 0 Å². The molecule has 1 heterocycles. The molecule has 0 spiro atoms. The number of hydrogen-bond donors (Lipinski definition) is 2. The fourth-order valence-corrected chi connectivity index (χ4v) is 1.63. The van der Waals surface area contributed by atoms with E-state index >= 15 is 0 Å². The maximum atomic E-state index is 11.9. The quantitative estimate of drug-likeness (QED) is 0.798. The third-order valence-corrected chi connectivity index (χ3v) is 2.92. The Kier molecular flexibility index (Phi) is 4.69. The number of hydrogen-bond acceptors (Lipinski definition) is 3. The molecule has 0 aliphatic carbocycles. The van der Waals surface area contributed by atoms with Crippen LogP contribution in [0.15, 0.2) is 0 Å². The van der Waals surface area contributed by atoms with E-state index in [1.54, 1.807) is 18.9 Å². The molecule has 17 heavy (non-hydrogen) atoms. The van der Waals surface area contributed by atoms with Crippen molar-refractivity contribution in [3.8, 4) is 0 Å². The first-order valence-corrected chi connectivity index (χ1v) is 5.84. The molecule has 0 aromatic carbocycles. The number of carbonyl (C=O) groups is 1. The van der Waals surface area contributed by atoms with Gasteiger partial charge in [0.1, 0.15) is 0 Å². The van der Waals surface area contributed by atoms with Gasteiger partial charge in [-0.15, -0.1) is 0 Å². The van der Waals surface area contributed by atoms with Gasteiger partial charge in [-0.3, -0.25) is 9.89 Å². The molecule has 5 heteroatoms. The van der Waals surface area contributed by atoms with Crippen molar-refractivity contribution in [2.45, 2.75) is 39.7 Å². The highest BCUT2D eigenvalue weighted by molar-refractivity contribution is 5.79. The minimum Gasteiger partial charge on any atom is -0.393 e. The summed E-state index contributed by atoms with van der Waals surface area (Å²) in [5, 5.41) is 16.1. The number of nitrogens with one attached hydrogen (secondary N) is 1. The second-order valence-corrected chi connectivity index (χ2v) is 4.54. The van der Waals surface area contributed by atoms with Crippen molar-refractivity contribution in [2.24, 2.45) is 0 Å². The summed E-state index contributed by atoms with van der Waals surface area (Å²) in [6, 6.07) is 0. The summed E-state index contributed by atoms with van der Waals surface area (Å²) in [6.45, 7) is 6.11. The monoisotopic (exact) mass is 239 g/mol. The van der Waals surface area contributed by atoms with Gasteiger partial charge in [-0.25, -0.2) is 0 Å². The van der Waals surface area contributed by atoms with Gasteiger partial charge in [-0.1, -0.05) is 0 Å². The highest BCUT2D eigenvalue weighted by atomic mass is 16.3. The molecule has 1 unspecified atom stereocenters. The Labute approximate surface area is 102 Å². The number of rotatable bonds is 5. The van der Waals surface area contributed by atoms with Gasteiger partial charge in [0.25, 0.3) is 0 Å². The normalized spacial score (nSPS) is 12.5. The summed E-state index contributed by atoms with van der Waals surface area (Å²) >= 11 is 0. The number of nitrogens with zero attached hydrogens (tertiary/aromatic N) is 2. The van der Waals surface area contributed by atoms with Gasteiger partial charge in [0.2, 0.25) is 5.91 Å². The lowest BCUT2D eigenvalue weighted by Gasteiger charge is -2.18. The Hall–Kier alpha value is -1.36. The van der Waals surface area contributed by atoms with Crippen molar-refractivity contribution < 1.29 is 9.90 Å². The van der Waals surface area contributed by atoms with Gasteiger partial charge >= 0.3 is 0 Å². The topological polar surface area (TPSA) is 69.2 Å². The van der Waals surface area contributed by atoms with E-state index in [-0.39, 0.29) is 12.0 Å². The number of aliphatic hydroxyl groups is 1. The number of H-pyrrole nitrogens is 1. The molecule has 0 aliphatic heterocycles. The van der Waals surface area contributed by atoms with Gasteiger partial charge in [-0.05, 0) is 27.2 Å². The third-order valence-electron chi connectivity index (χ3n) is 2.92. The zero-order chi connectivity index (χ0) is 13.0. The molecule has 0 saturated carbocycles. The van der Waals surface area contributed by atoms with Crippen molar-refractivity contribution in [3.63, 3.8) is 0 Å². The van der Waals surface area contributed by atoms with E-state index in [2.05, 4.69) is 10.2 Å². The molecule has 2 N–H and O–H groups in total. The van der Waals surface area contributed by atoms with Crippen LogP contribution in [0.3, 0.4) is 0 Å². The second-order valence-electron chi connectivity index (χ2n) is 4.54. The molecule has 0 saturated heterocycles. The number of aliphatic hydroxyl groups excluding tert-OH is 1. The van der Waals surface area contributed by atoms with Crippen molar-refractivity contribution in [1.82, 2.24) is 15.1 Å². The van der Waals surface area contributed by atoms with Gasteiger partial charge in [0, 0.05) is 24.8 Å². The first-order chi connectivity index (χ1) is 7.91. The van der Waals surface area contributed by atoms with Crippen LogP contribution in [0.1, 0.15) is 30.3 Å². The molecule has 1 amide bonds. The maximum Gasteiger partial charge on any atom is 0.226 e. The molecule has 0 radical (unpaired) electrons. The Bertz CT molecular complexity index is 366. The number of likely N-dealkylation sites (N-methyl/N-ethyl adjacent to an activating group) is 1. The first kappa shape index (κ1) is 13.7. The first-order valence-electron chi connectivity index (χ1n) is 5.84. The Morgan fingerprint density at radius 2 is 2.18 bits per heavy atom. The molecule has 1 atom stereocenters. The summed E-state index contributed by atoms with van der Waals surface area (Å²) < 4.78 is 0. The van der Waals surface area contributed by atoms with Crippen LogP contribution in [0.25, 0.3) is 0 Å². The number of aromatic amines is 1. The van der Waals surface area contributed by atoms with Gasteiger partial charge in [0.05, 0.1) is 18.2 Å². The smallest absolute Gasteiger partial charge is 0.226 e. The predicted molar refractivity (Wildman–Crippen MR) is 65.7 cm³/mol. The standard InChI is InChI=1S/C12H21N3O2/c1-8(16)5-6-15(4)12(17)7-11-9(2)13-14-10(11)3/h8,16H,5-7H2,1-4H3,(H,13,14). The summed E-state index contributed by atoms with van der Waals surface area (Å²) in [4.78, 5) is 13.6. The molecule has 0 bridgehead atoms. The summed E-state index contributed by atoms with van der Waals surface area (Å²) in [7, 11) is 1.76. The van der Waals surface area contributed by atoms with Crippen molar-refractivity contribution in [3.05, 3.63) is 17.0 Å². The zero-order valence-electron chi connectivity index (χ0n) is 10.9. The van der Waals surface area contributed by atoms with Crippen LogP contribution in [0.5, 0.6) is 0 Å². The van der Waals surface area contributed by atoms with E-state index in [9.17, 15) is 9.90 Å². The lowest BCUT2D eigenvalue weighted by Crippen LogP contribution is -2.30. The largest absolute Gasteiger partial charge is 0.393 e. The number of aromatic nitrogens is 2. The zero-order valence-corrected chi connectivity index (χ0v) is 10.9. The molecule has 0 fully saturated rings. The molecule has 5 nitrogen and oxygen atoms in total. The van der Waals surface area contributed by atoms with Crippen molar-refractivity contribution >= 4 is 5.91 Å². The molecular formula is C12H21N3O2. The van der Waals surface area contributed by atoms with E-state index in [0.717, 1.165) is 17.0 Å². The van der Waals surface area contributed by atoms with Crippen LogP contribution in [0, 0.1) is 13.8 Å². The van der Waals surface area contributed by atoms with E-state index in [4.69, 9.17) is 0 Å². The van der Waals surface area contributed by atoms with E-state index in [0.29, 0.717) is 19.4 Å². The SMILES string of the molecule is Cc1n[nH]c(C)c1CC(=O)N(C)CCC(C)O. The highest BCUT2D eigenvalue weighted by Gasteiger charge is 2.15. The number of carbonyl (C=O) groups excluding carboxylic acids is 1. The van der Waals surface area contributed by atoms with Crippen LogP contribution in [-0.4, -0.2) is 45.8 Å². The van der Waals surface area contributed by atoms with E-state index in [1.807, 2.05) is 13.8 Å². The second kappa shape index (κ2) is 5.82. The average molecular weight is 239 g/mol. The molecule has 1 aromatic heterocycles. The lowest BCUT2D eigenvalue weighted by atomic mass is 10.1. The average Bonchev–Trinajstić information content (AvgIpc) is 2.57. The third kappa shape index (κ3) is 3.85. The maximum absolute atomic E-state index is 11.9. The predicted octanol–water partition coefficient (Wildman–Crippen LogP) is 0.798. The number of aryl methyl sites for hydroxylation is 2. The van der Waals surface area contributed by atoms with E-state index in [1.165, 1.54) is 0 Å². The minimum absolute atomic E-state index is 0.0539. The van der Waals surface area contributed by atoms with E-state index < -0.39 is 0 Å². The Balaban J connectivity index is 2.54. The van der Waals surface area contributed by atoms with Crippen molar-refractivity contribution in [1.29, 1.82) is 0 Å². The summed E-state index contributed by atoms with van der Waals surface area (Å²) in [6.07, 6.45) is 0.596. The molecule has 96 valence electrons. The van der Waals surface area contributed by atoms with Crippen LogP contribution in [0.2, 0.25) is 0 Å². The summed E-state index contributed by atoms with van der Waals surface area (Å²) in [5.41, 5.74) is 2.79. The molecular weight excluding hydrogens is 218 g/mol. The van der Waals surface area contributed by atoms with Gasteiger partial charge in [-0.2, -0.15) is 5.10 Å². The molecule has 1 rings (SSSR count). The minimum atomic E-state index is -0.373. The fourth-order valence-electron chi connectivity index (χ4n) is 1.63. The van der Waals surface area contributed by atoms with Gasteiger partial charge in [0.15, 0.2) is 0 Å². The van der Waals surface area contributed by atoms with Crippen LogP contribution in [-0.2, 0) is 11.2 Å². The Morgan fingerprint density at radius 3 is 2.65 bits per heavy atom. The summed E-state index contributed by atoms with van der Waals surface area (Å²) in [5.74, 6) is 0.0539.